The van der Waals surface area contributed by atoms with Crippen molar-refractivity contribution in [3.8, 4) is 0 Å². The Kier molecular flexibility index (Phi) is 5.63. The predicted octanol–water partition coefficient (Wildman–Crippen LogP) is 2.77. The summed E-state index contributed by atoms with van der Waals surface area (Å²) >= 11 is 0. The van der Waals surface area contributed by atoms with Crippen LogP contribution in [0.15, 0.2) is 73.1 Å². The molecule has 3 aromatic rings. The van der Waals surface area contributed by atoms with E-state index in [2.05, 4.69) is 74.4 Å². The van der Waals surface area contributed by atoms with Crippen LogP contribution >= 0.6 is 0 Å². The summed E-state index contributed by atoms with van der Waals surface area (Å²) in [6.45, 7) is 5.11. The first-order valence-electron chi connectivity index (χ1n) is 10.9. The molecule has 0 radical (unpaired) electrons. The third kappa shape index (κ3) is 4.30. The maximum Gasteiger partial charge on any atom is 0.236 e. The van der Waals surface area contributed by atoms with Crippen molar-refractivity contribution in [3.63, 3.8) is 0 Å². The molecular weight excluding hydrogens is 386 g/mol. The Labute approximate surface area is 183 Å². The standard InChI is InChI=1S/C25H27N5O/c31-24(29-13-15-30(16-14-29)25-26-11-6-12-27-25)19-28-17-21-9-4-5-10-22(21)23(18-28)20-7-2-1-3-8-20/h1-12,23H,13-19H2/t23-/m1/s1. The molecule has 2 aliphatic rings. The van der Waals surface area contributed by atoms with Crippen molar-refractivity contribution in [3.05, 3.63) is 89.7 Å². The lowest BCUT2D eigenvalue weighted by atomic mass is 9.84. The smallest absolute Gasteiger partial charge is 0.236 e. The minimum absolute atomic E-state index is 0.208. The van der Waals surface area contributed by atoms with Gasteiger partial charge in [0.05, 0.1) is 6.54 Å². The number of rotatable bonds is 4. The molecule has 0 spiro atoms. The number of fused-ring (bicyclic) bond motifs is 1. The van der Waals surface area contributed by atoms with Crippen LogP contribution in [0.4, 0.5) is 5.95 Å². The van der Waals surface area contributed by atoms with E-state index < -0.39 is 0 Å². The number of hydrogen-bond donors (Lipinski definition) is 0. The molecule has 1 aromatic heterocycles. The number of piperazine rings is 1. The van der Waals surface area contributed by atoms with E-state index in [4.69, 9.17) is 0 Å². The Morgan fingerprint density at radius 1 is 0.871 bits per heavy atom. The van der Waals surface area contributed by atoms with Gasteiger partial charge in [-0.2, -0.15) is 0 Å². The van der Waals surface area contributed by atoms with Gasteiger partial charge in [0.1, 0.15) is 0 Å². The summed E-state index contributed by atoms with van der Waals surface area (Å²) < 4.78 is 0. The largest absolute Gasteiger partial charge is 0.338 e. The summed E-state index contributed by atoms with van der Waals surface area (Å²) in [7, 11) is 0. The van der Waals surface area contributed by atoms with Crippen molar-refractivity contribution in [2.24, 2.45) is 0 Å². The van der Waals surface area contributed by atoms with Gasteiger partial charge >= 0.3 is 0 Å². The lowest BCUT2D eigenvalue weighted by Crippen LogP contribution is -2.52. The molecule has 6 heteroatoms. The van der Waals surface area contributed by atoms with Crippen LogP contribution in [-0.2, 0) is 11.3 Å². The molecule has 0 saturated carbocycles. The van der Waals surface area contributed by atoms with Gasteiger partial charge in [0.2, 0.25) is 11.9 Å². The van der Waals surface area contributed by atoms with E-state index in [0.29, 0.717) is 25.6 Å². The van der Waals surface area contributed by atoms with Crippen LogP contribution < -0.4 is 4.90 Å². The van der Waals surface area contributed by atoms with Gasteiger partial charge < -0.3 is 9.80 Å². The predicted molar refractivity (Wildman–Crippen MR) is 121 cm³/mol. The average molecular weight is 414 g/mol. The van der Waals surface area contributed by atoms with E-state index in [-0.39, 0.29) is 5.91 Å². The molecule has 0 bridgehead atoms. The van der Waals surface area contributed by atoms with Crippen LogP contribution in [-0.4, -0.2) is 64.9 Å². The van der Waals surface area contributed by atoms with Gasteiger partial charge in [0.25, 0.3) is 0 Å². The highest BCUT2D eigenvalue weighted by atomic mass is 16.2. The first-order valence-corrected chi connectivity index (χ1v) is 10.9. The Morgan fingerprint density at radius 2 is 1.58 bits per heavy atom. The van der Waals surface area contributed by atoms with Crippen molar-refractivity contribution in [2.75, 3.05) is 44.2 Å². The number of benzene rings is 2. The van der Waals surface area contributed by atoms with Gasteiger partial charge in [-0.1, -0.05) is 54.6 Å². The molecule has 1 atom stereocenters. The van der Waals surface area contributed by atoms with Crippen molar-refractivity contribution >= 4 is 11.9 Å². The van der Waals surface area contributed by atoms with Gasteiger partial charge in [-0.05, 0) is 22.8 Å². The number of anilines is 1. The average Bonchev–Trinajstić information content (AvgIpc) is 2.85. The van der Waals surface area contributed by atoms with Crippen molar-refractivity contribution in [2.45, 2.75) is 12.5 Å². The zero-order valence-electron chi connectivity index (χ0n) is 17.6. The zero-order valence-corrected chi connectivity index (χ0v) is 17.6. The molecule has 0 N–H and O–H groups in total. The molecule has 0 unspecified atom stereocenters. The van der Waals surface area contributed by atoms with E-state index in [1.54, 1.807) is 12.4 Å². The van der Waals surface area contributed by atoms with Crippen LogP contribution in [0, 0.1) is 0 Å². The number of hydrogen-bond acceptors (Lipinski definition) is 5. The maximum absolute atomic E-state index is 13.1. The van der Waals surface area contributed by atoms with E-state index in [1.165, 1.54) is 16.7 Å². The molecule has 1 amide bonds. The zero-order chi connectivity index (χ0) is 21.0. The van der Waals surface area contributed by atoms with Crippen molar-refractivity contribution in [1.29, 1.82) is 0 Å². The lowest BCUT2D eigenvalue weighted by Gasteiger charge is -2.38. The van der Waals surface area contributed by atoms with Crippen molar-refractivity contribution in [1.82, 2.24) is 19.8 Å². The normalized spacial score (nSPS) is 19.2. The Morgan fingerprint density at radius 3 is 2.35 bits per heavy atom. The minimum atomic E-state index is 0.208. The molecular formula is C25H27N5O. The molecule has 2 aromatic carbocycles. The number of amides is 1. The van der Waals surface area contributed by atoms with Gasteiger partial charge in [0, 0.05) is 57.6 Å². The molecule has 5 rings (SSSR count). The first kappa shape index (κ1) is 19.7. The van der Waals surface area contributed by atoms with E-state index >= 15 is 0 Å². The first-order chi connectivity index (χ1) is 15.3. The molecule has 3 heterocycles. The highest BCUT2D eigenvalue weighted by Gasteiger charge is 2.29. The molecule has 0 aliphatic carbocycles. The fraction of sp³-hybridized carbons (Fsp3) is 0.320. The van der Waals surface area contributed by atoms with Crippen LogP contribution in [0.3, 0.4) is 0 Å². The summed E-state index contributed by atoms with van der Waals surface area (Å²) in [4.78, 5) is 28.2. The van der Waals surface area contributed by atoms with Gasteiger partial charge in [-0.3, -0.25) is 9.69 Å². The summed E-state index contributed by atoms with van der Waals surface area (Å²) in [5.41, 5.74) is 4.01. The summed E-state index contributed by atoms with van der Waals surface area (Å²) in [5, 5.41) is 0. The Balaban J connectivity index is 1.25. The number of aromatic nitrogens is 2. The quantitative estimate of drug-likeness (QED) is 0.658. The molecule has 1 fully saturated rings. The Hall–Kier alpha value is -3.25. The van der Waals surface area contributed by atoms with E-state index in [9.17, 15) is 4.79 Å². The van der Waals surface area contributed by atoms with Gasteiger partial charge in [-0.25, -0.2) is 9.97 Å². The van der Waals surface area contributed by atoms with Crippen LogP contribution in [0.25, 0.3) is 0 Å². The topological polar surface area (TPSA) is 52.6 Å². The molecule has 158 valence electrons. The number of nitrogens with zero attached hydrogens (tertiary/aromatic N) is 5. The second kappa shape index (κ2) is 8.86. The van der Waals surface area contributed by atoms with Crippen molar-refractivity contribution < 1.29 is 4.79 Å². The van der Waals surface area contributed by atoms with Gasteiger partial charge in [-0.15, -0.1) is 0 Å². The minimum Gasteiger partial charge on any atom is -0.338 e. The highest BCUT2D eigenvalue weighted by molar-refractivity contribution is 5.78. The van der Waals surface area contributed by atoms with E-state index in [0.717, 1.165) is 32.1 Å². The fourth-order valence-electron chi connectivity index (χ4n) is 4.67. The summed E-state index contributed by atoms with van der Waals surface area (Å²) in [6, 6.07) is 21.1. The SMILES string of the molecule is O=C(CN1Cc2ccccc2[C@@H](c2ccccc2)C1)N1CCN(c2ncccn2)CC1. The summed E-state index contributed by atoms with van der Waals surface area (Å²) in [6.07, 6.45) is 3.52. The second-order valence-electron chi connectivity index (χ2n) is 8.25. The third-order valence-corrected chi connectivity index (χ3v) is 6.29. The number of carbonyl (C=O) groups is 1. The molecule has 2 aliphatic heterocycles. The molecule has 1 saturated heterocycles. The van der Waals surface area contributed by atoms with Gasteiger partial charge in [0.15, 0.2) is 0 Å². The number of carbonyl (C=O) groups excluding carboxylic acids is 1. The maximum atomic E-state index is 13.1. The molecule has 6 nitrogen and oxygen atoms in total. The van der Waals surface area contributed by atoms with E-state index in [1.807, 2.05) is 11.0 Å². The van der Waals surface area contributed by atoms with Crippen LogP contribution in [0.1, 0.15) is 22.6 Å². The van der Waals surface area contributed by atoms with Crippen LogP contribution in [0.2, 0.25) is 0 Å². The fourth-order valence-corrected chi connectivity index (χ4v) is 4.67. The third-order valence-electron chi connectivity index (χ3n) is 6.29. The highest BCUT2D eigenvalue weighted by Crippen LogP contribution is 2.33. The van der Waals surface area contributed by atoms with Crippen LogP contribution in [0.5, 0.6) is 0 Å². The second-order valence-corrected chi connectivity index (χ2v) is 8.25. The molecule has 31 heavy (non-hydrogen) atoms. The lowest BCUT2D eigenvalue weighted by molar-refractivity contribution is -0.133. The summed E-state index contributed by atoms with van der Waals surface area (Å²) in [5.74, 6) is 1.25. The monoisotopic (exact) mass is 413 g/mol. The Bertz CT molecular complexity index is 1020.